The van der Waals surface area contributed by atoms with Crippen molar-refractivity contribution in [1.82, 2.24) is 19.7 Å². The Bertz CT molecular complexity index is 1400. The Kier molecular flexibility index (Phi) is 5.23. The van der Waals surface area contributed by atoms with Crippen molar-refractivity contribution in [3.63, 3.8) is 0 Å². The summed E-state index contributed by atoms with van der Waals surface area (Å²) in [5.74, 6) is 0.0744. The molecular formula is C28H26N4O2. The Labute approximate surface area is 198 Å². The van der Waals surface area contributed by atoms with Gasteiger partial charge in [-0.15, -0.1) is 0 Å². The number of carbonyl (C=O) groups is 2. The van der Waals surface area contributed by atoms with E-state index in [0.29, 0.717) is 26.2 Å². The van der Waals surface area contributed by atoms with Gasteiger partial charge in [0.15, 0.2) is 0 Å². The molecule has 6 heteroatoms. The second-order valence-electron chi connectivity index (χ2n) is 9.21. The van der Waals surface area contributed by atoms with Crippen LogP contribution in [0.5, 0.6) is 0 Å². The normalized spacial score (nSPS) is 19.1. The van der Waals surface area contributed by atoms with Gasteiger partial charge < -0.3 is 9.80 Å². The Morgan fingerprint density at radius 1 is 0.824 bits per heavy atom. The van der Waals surface area contributed by atoms with Gasteiger partial charge in [0.05, 0.1) is 5.52 Å². The van der Waals surface area contributed by atoms with Gasteiger partial charge in [-0.2, -0.15) is 0 Å². The summed E-state index contributed by atoms with van der Waals surface area (Å²) in [4.78, 5) is 36.7. The molecule has 170 valence electrons. The van der Waals surface area contributed by atoms with Crippen LogP contribution >= 0.6 is 0 Å². The highest BCUT2D eigenvalue weighted by Crippen LogP contribution is 2.24. The lowest BCUT2D eigenvalue weighted by atomic mass is 10.0. The van der Waals surface area contributed by atoms with Crippen molar-refractivity contribution >= 4 is 33.5 Å². The van der Waals surface area contributed by atoms with E-state index < -0.39 is 6.04 Å². The first-order valence-electron chi connectivity index (χ1n) is 11.8. The highest BCUT2D eigenvalue weighted by Gasteiger charge is 2.42. The molecule has 0 bridgehead atoms. The van der Waals surface area contributed by atoms with E-state index in [9.17, 15) is 9.59 Å². The maximum atomic E-state index is 13.5. The number of hydrogen-bond acceptors (Lipinski definition) is 4. The van der Waals surface area contributed by atoms with Crippen molar-refractivity contribution in [2.45, 2.75) is 19.1 Å². The molecule has 6 nitrogen and oxygen atoms in total. The van der Waals surface area contributed by atoms with Gasteiger partial charge in [0.1, 0.15) is 12.6 Å². The summed E-state index contributed by atoms with van der Waals surface area (Å²) in [6, 6.07) is 24.2. The number of hydrogen-bond donors (Lipinski definition) is 0. The molecule has 3 aromatic carbocycles. The minimum absolute atomic E-state index is 0.0357. The van der Waals surface area contributed by atoms with Gasteiger partial charge in [0, 0.05) is 44.3 Å². The molecule has 4 aromatic rings. The minimum Gasteiger partial charge on any atom is -0.327 e. The van der Waals surface area contributed by atoms with Crippen molar-refractivity contribution in [2.24, 2.45) is 0 Å². The van der Waals surface area contributed by atoms with Crippen LogP contribution in [0.2, 0.25) is 0 Å². The summed E-state index contributed by atoms with van der Waals surface area (Å²) >= 11 is 0. The summed E-state index contributed by atoms with van der Waals surface area (Å²) < 4.78 is 0. The molecule has 0 spiro atoms. The van der Waals surface area contributed by atoms with Crippen LogP contribution in [0, 0.1) is 0 Å². The molecule has 0 aliphatic carbocycles. The molecule has 1 atom stereocenters. The predicted molar refractivity (Wildman–Crippen MR) is 132 cm³/mol. The van der Waals surface area contributed by atoms with E-state index in [4.69, 9.17) is 0 Å². The lowest BCUT2D eigenvalue weighted by Gasteiger charge is -2.46. The maximum absolute atomic E-state index is 13.5. The standard InChI is InChI=1S/C28H26N4O2/c33-26-19-31(16-20-10-11-21-5-1-2-6-23(21)15-20)28(34)25-18-30(13-14-32(25)26)17-24-8-3-7-22-9-4-12-29-27(22)24/h1-12,15,25H,13-14,16-19H2. The Morgan fingerprint density at radius 3 is 2.56 bits per heavy atom. The Balaban J connectivity index is 1.20. The second kappa shape index (κ2) is 8.54. The summed E-state index contributed by atoms with van der Waals surface area (Å²) in [5.41, 5.74) is 3.19. The van der Waals surface area contributed by atoms with E-state index in [1.807, 2.05) is 30.5 Å². The predicted octanol–water partition coefficient (Wildman–Crippen LogP) is 3.44. The number of piperazine rings is 2. The van der Waals surface area contributed by atoms with Crippen LogP contribution in [0.15, 0.2) is 79.0 Å². The monoisotopic (exact) mass is 450 g/mol. The topological polar surface area (TPSA) is 56.8 Å². The molecule has 3 heterocycles. The molecule has 1 unspecified atom stereocenters. The molecule has 1 aromatic heterocycles. The van der Waals surface area contributed by atoms with Crippen LogP contribution < -0.4 is 0 Å². The fraction of sp³-hybridized carbons (Fsp3) is 0.250. The molecule has 6 rings (SSSR count). The molecule has 0 saturated carbocycles. The summed E-state index contributed by atoms with van der Waals surface area (Å²) in [5, 5.41) is 3.43. The molecular weight excluding hydrogens is 424 g/mol. The molecule has 2 amide bonds. The van der Waals surface area contributed by atoms with Gasteiger partial charge in [0.25, 0.3) is 0 Å². The SMILES string of the molecule is O=C1C2CN(Cc3cccc4cccnc34)CCN2C(=O)CN1Cc1ccc2ccccc2c1. The van der Waals surface area contributed by atoms with Gasteiger partial charge in [-0.3, -0.25) is 19.5 Å². The van der Waals surface area contributed by atoms with Gasteiger partial charge in [-0.1, -0.05) is 60.7 Å². The van der Waals surface area contributed by atoms with Crippen LogP contribution in [0.4, 0.5) is 0 Å². The summed E-state index contributed by atoms with van der Waals surface area (Å²) in [7, 11) is 0. The quantitative estimate of drug-likeness (QED) is 0.478. The molecule has 2 aliphatic rings. The lowest BCUT2D eigenvalue weighted by molar-refractivity contribution is -0.160. The minimum atomic E-state index is -0.432. The van der Waals surface area contributed by atoms with Crippen molar-refractivity contribution < 1.29 is 9.59 Å². The van der Waals surface area contributed by atoms with Crippen LogP contribution in [0.3, 0.4) is 0 Å². The number of carbonyl (C=O) groups excluding carboxylic acids is 2. The average Bonchev–Trinajstić information content (AvgIpc) is 2.87. The van der Waals surface area contributed by atoms with Crippen LogP contribution in [-0.2, 0) is 22.7 Å². The fourth-order valence-electron chi connectivity index (χ4n) is 5.26. The molecule has 34 heavy (non-hydrogen) atoms. The molecule has 2 fully saturated rings. The van der Waals surface area contributed by atoms with Crippen molar-refractivity contribution in [3.8, 4) is 0 Å². The molecule has 0 radical (unpaired) electrons. The number of pyridine rings is 1. The first kappa shape index (κ1) is 20.8. The van der Waals surface area contributed by atoms with Gasteiger partial charge in [0.2, 0.25) is 11.8 Å². The third-order valence-corrected chi connectivity index (χ3v) is 7.01. The van der Waals surface area contributed by atoms with E-state index >= 15 is 0 Å². The zero-order valence-corrected chi connectivity index (χ0v) is 18.9. The highest BCUT2D eigenvalue weighted by atomic mass is 16.2. The number of fused-ring (bicyclic) bond motifs is 3. The van der Waals surface area contributed by atoms with Gasteiger partial charge >= 0.3 is 0 Å². The number of benzene rings is 3. The van der Waals surface area contributed by atoms with Crippen molar-refractivity contribution in [1.29, 1.82) is 0 Å². The van der Waals surface area contributed by atoms with Crippen LogP contribution in [0.25, 0.3) is 21.7 Å². The zero-order valence-electron chi connectivity index (χ0n) is 18.9. The molecule has 0 N–H and O–H groups in total. The van der Waals surface area contributed by atoms with E-state index in [0.717, 1.165) is 34.0 Å². The smallest absolute Gasteiger partial charge is 0.247 e. The highest BCUT2D eigenvalue weighted by molar-refractivity contribution is 5.95. The Hall–Kier alpha value is -3.77. The summed E-state index contributed by atoms with van der Waals surface area (Å²) in [6.07, 6.45) is 1.82. The second-order valence-corrected chi connectivity index (χ2v) is 9.21. The first-order valence-corrected chi connectivity index (χ1v) is 11.8. The fourth-order valence-corrected chi connectivity index (χ4v) is 5.26. The third kappa shape index (κ3) is 3.80. The number of para-hydroxylation sites is 1. The number of amides is 2. The number of nitrogens with zero attached hydrogens (tertiary/aromatic N) is 4. The van der Waals surface area contributed by atoms with E-state index in [-0.39, 0.29) is 18.4 Å². The third-order valence-electron chi connectivity index (χ3n) is 7.01. The van der Waals surface area contributed by atoms with Gasteiger partial charge in [-0.05, 0) is 34.0 Å². The molecule has 2 aliphatic heterocycles. The summed E-state index contributed by atoms with van der Waals surface area (Å²) in [6.45, 7) is 3.19. The lowest BCUT2D eigenvalue weighted by Crippen LogP contribution is -2.66. The number of rotatable bonds is 4. The molecule has 2 saturated heterocycles. The van der Waals surface area contributed by atoms with Crippen molar-refractivity contribution in [3.05, 3.63) is 90.1 Å². The largest absolute Gasteiger partial charge is 0.327 e. The first-order chi connectivity index (χ1) is 16.7. The average molecular weight is 451 g/mol. The van der Waals surface area contributed by atoms with Crippen LogP contribution in [0.1, 0.15) is 11.1 Å². The van der Waals surface area contributed by atoms with E-state index in [1.165, 1.54) is 5.39 Å². The van der Waals surface area contributed by atoms with E-state index in [1.54, 1.807) is 9.80 Å². The zero-order chi connectivity index (χ0) is 23.1. The number of aromatic nitrogens is 1. The Morgan fingerprint density at radius 2 is 1.65 bits per heavy atom. The van der Waals surface area contributed by atoms with Crippen LogP contribution in [-0.4, -0.2) is 63.7 Å². The van der Waals surface area contributed by atoms with E-state index in [2.05, 4.69) is 58.4 Å². The van der Waals surface area contributed by atoms with Gasteiger partial charge in [-0.25, -0.2) is 0 Å². The maximum Gasteiger partial charge on any atom is 0.247 e. The van der Waals surface area contributed by atoms with Crippen molar-refractivity contribution in [2.75, 3.05) is 26.2 Å².